The van der Waals surface area contributed by atoms with Crippen LogP contribution in [0.1, 0.15) is 39.5 Å². The van der Waals surface area contributed by atoms with Crippen molar-refractivity contribution >= 4 is 27.5 Å². The van der Waals surface area contributed by atoms with Crippen LogP contribution in [0.2, 0.25) is 0 Å². The Kier molecular flexibility index (Phi) is 4.05. The standard InChI is InChI=1S/C14H19BrN2O/c1-14(2)8-4-3-5-11(14)13(18)17-10-6-7-12(15)16-9-10/h6-7,9,11H,3-5,8H2,1-2H3,(H,17,18). The summed E-state index contributed by atoms with van der Waals surface area (Å²) in [4.78, 5) is 16.4. The van der Waals surface area contributed by atoms with Gasteiger partial charge in [0.25, 0.3) is 0 Å². The van der Waals surface area contributed by atoms with E-state index < -0.39 is 0 Å². The van der Waals surface area contributed by atoms with E-state index in [0.29, 0.717) is 0 Å². The second kappa shape index (κ2) is 5.39. The summed E-state index contributed by atoms with van der Waals surface area (Å²) in [5, 5.41) is 2.97. The number of halogens is 1. The molecular weight excluding hydrogens is 292 g/mol. The van der Waals surface area contributed by atoms with Crippen LogP contribution >= 0.6 is 15.9 Å². The fourth-order valence-corrected chi connectivity index (χ4v) is 2.89. The van der Waals surface area contributed by atoms with E-state index in [1.54, 1.807) is 6.20 Å². The molecule has 1 aliphatic carbocycles. The van der Waals surface area contributed by atoms with Crippen molar-refractivity contribution in [3.05, 3.63) is 22.9 Å². The van der Waals surface area contributed by atoms with Crippen LogP contribution in [-0.2, 0) is 4.79 Å². The lowest BCUT2D eigenvalue weighted by Gasteiger charge is -2.37. The molecule has 1 aliphatic rings. The number of hydrogen-bond donors (Lipinski definition) is 1. The largest absolute Gasteiger partial charge is 0.324 e. The van der Waals surface area contributed by atoms with E-state index in [2.05, 4.69) is 40.1 Å². The lowest BCUT2D eigenvalue weighted by molar-refractivity contribution is -0.124. The van der Waals surface area contributed by atoms with Gasteiger partial charge in [-0.15, -0.1) is 0 Å². The smallest absolute Gasteiger partial charge is 0.228 e. The number of pyridine rings is 1. The van der Waals surface area contributed by atoms with Crippen molar-refractivity contribution in [3.8, 4) is 0 Å². The Balaban J connectivity index is 2.05. The Morgan fingerprint density at radius 3 is 2.83 bits per heavy atom. The molecule has 18 heavy (non-hydrogen) atoms. The van der Waals surface area contributed by atoms with Gasteiger partial charge in [-0.3, -0.25) is 4.79 Å². The van der Waals surface area contributed by atoms with Crippen LogP contribution in [-0.4, -0.2) is 10.9 Å². The molecule has 0 spiro atoms. The summed E-state index contributed by atoms with van der Waals surface area (Å²) >= 11 is 3.28. The summed E-state index contributed by atoms with van der Waals surface area (Å²) in [6.07, 6.45) is 6.18. The van der Waals surface area contributed by atoms with Gasteiger partial charge in [-0.1, -0.05) is 26.7 Å². The third-order valence-electron chi connectivity index (χ3n) is 3.82. The average Bonchev–Trinajstić information content (AvgIpc) is 2.31. The first kappa shape index (κ1) is 13.5. The maximum Gasteiger partial charge on any atom is 0.228 e. The summed E-state index contributed by atoms with van der Waals surface area (Å²) in [5.41, 5.74) is 0.870. The van der Waals surface area contributed by atoms with E-state index in [1.165, 1.54) is 6.42 Å². The molecule has 1 N–H and O–H groups in total. The molecule has 1 fully saturated rings. The minimum Gasteiger partial charge on any atom is -0.324 e. The second-order valence-electron chi connectivity index (χ2n) is 5.65. The van der Waals surface area contributed by atoms with Gasteiger partial charge in [-0.05, 0) is 46.3 Å². The second-order valence-corrected chi connectivity index (χ2v) is 6.46. The predicted octanol–water partition coefficient (Wildman–Crippen LogP) is 4.00. The molecule has 0 bridgehead atoms. The highest BCUT2D eigenvalue weighted by molar-refractivity contribution is 9.10. The van der Waals surface area contributed by atoms with Crippen LogP contribution in [0, 0.1) is 11.3 Å². The SMILES string of the molecule is CC1(C)CCCCC1C(=O)Nc1ccc(Br)nc1. The average molecular weight is 311 g/mol. The summed E-state index contributed by atoms with van der Waals surface area (Å²) in [5.74, 6) is 0.235. The van der Waals surface area contributed by atoms with Crippen molar-refractivity contribution < 1.29 is 4.79 Å². The topological polar surface area (TPSA) is 42.0 Å². The number of amides is 1. The van der Waals surface area contributed by atoms with Crippen LogP contribution in [0.15, 0.2) is 22.9 Å². The van der Waals surface area contributed by atoms with Crippen LogP contribution < -0.4 is 5.32 Å². The Hall–Kier alpha value is -0.900. The molecule has 1 saturated carbocycles. The highest BCUT2D eigenvalue weighted by Crippen LogP contribution is 2.40. The van der Waals surface area contributed by atoms with Crippen molar-refractivity contribution in [2.24, 2.45) is 11.3 Å². The molecule has 98 valence electrons. The van der Waals surface area contributed by atoms with Crippen LogP contribution in [0.4, 0.5) is 5.69 Å². The molecule has 1 heterocycles. The summed E-state index contributed by atoms with van der Waals surface area (Å²) in [7, 11) is 0. The van der Waals surface area contributed by atoms with Gasteiger partial charge in [0.05, 0.1) is 11.9 Å². The van der Waals surface area contributed by atoms with Gasteiger partial charge in [0.15, 0.2) is 0 Å². The molecule has 1 unspecified atom stereocenters. The highest BCUT2D eigenvalue weighted by Gasteiger charge is 2.37. The van der Waals surface area contributed by atoms with Gasteiger partial charge in [0.1, 0.15) is 4.60 Å². The first-order valence-corrected chi connectivity index (χ1v) is 7.21. The zero-order chi connectivity index (χ0) is 13.2. The normalized spacial score (nSPS) is 22.5. The van der Waals surface area contributed by atoms with E-state index in [4.69, 9.17) is 0 Å². The van der Waals surface area contributed by atoms with E-state index >= 15 is 0 Å². The van der Waals surface area contributed by atoms with Crippen LogP contribution in [0.5, 0.6) is 0 Å². The zero-order valence-electron chi connectivity index (χ0n) is 10.9. The van der Waals surface area contributed by atoms with Crippen molar-refractivity contribution in [2.75, 3.05) is 5.32 Å². The van der Waals surface area contributed by atoms with Gasteiger partial charge < -0.3 is 5.32 Å². The maximum atomic E-state index is 12.3. The molecule has 0 radical (unpaired) electrons. The summed E-state index contributed by atoms with van der Waals surface area (Å²) in [6.45, 7) is 4.38. The molecule has 1 atom stereocenters. The highest BCUT2D eigenvalue weighted by atomic mass is 79.9. The number of carbonyl (C=O) groups excluding carboxylic acids is 1. The van der Waals surface area contributed by atoms with Crippen molar-refractivity contribution in [1.82, 2.24) is 4.98 Å². The number of hydrogen-bond acceptors (Lipinski definition) is 2. The summed E-state index contributed by atoms with van der Waals surface area (Å²) in [6, 6.07) is 3.70. The van der Waals surface area contributed by atoms with E-state index in [0.717, 1.165) is 29.6 Å². The number of nitrogens with one attached hydrogen (secondary N) is 1. The van der Waals surface area contributed by atoms with E-state index in [-0.39, 0.29) is 17.2 Å². The Bertz CT molecular complexity index is 428. The minimum atomic E-state index is 0.102. The Morgan fingerprint density at radius 2 is 2.22 bits per heavy atom. The third kappa shape index (κ3) is 3.10. The molecule has 0 aromatic carbocycles. The summed E-state index contributed by atoms with van der Waals surface area (Å²) < 4.78 is 0.776. The molecule has 0 saturated heterocycles. The lowest BCUT2D eigenvalue weighted by atomic mass is 9.68. The Morgan fingerprint density at radius 1 is 1.44 bits per heavy atom. The molecule has 0 aliphatic heterocycles. The monoisotopic (exact) mass is 310 g/mol. The molecule has 1 aromatic rings. The number of carbonyl (C=O) groups is 1. The fourth-order valence-electron chi connectivity index (χ4n) is 2.66. The minimum absolute atomic E-state index is 0.102. The van der Waals surface area contributed by atoms with Gasteiger partial charge >= 0.3 is 0 Å². The molecule has 3 nitrogen and oxygen atoms in total. The van der Waals surface area contributed by atoms with Crippen molar-refractivity contribution in [2.45, 2.75) is 39.5 Å². The van der Waals surface area contributed by atoms with Crippen molar-refractivity contribution in [1.29, 1.82) is 0 Å². The van der Waals surface area contributed by atoms with Gasteiger partial charge in [-0.2, -0.15) is 0 Å². The first-order chi connectivity index (χ1) is 8.49. The van der Waals surface area contributed by atoms with E-state index in [9.17, 15) is 4.79 Å². The van der Waals surface area contributed by atoms with Gasteiger partial charge in [-0.25, -0.2) is 4.98 Å². The predicted molar refractivity (Wildman–Crippen MR) is 76.3 cm³/mol. The molecule has 4 heteroatoms. The first-order valence-electron chi connectivity index (χ1n) is 6.41. The molecular formula is C14H19BrN2O. The van der Waals surface area contributed by atoms with E-state index in [1.807, 2.05) is 12.1 Å². The number of aromatic nitrogens is 1. The maximum absolute atomic E-state index is 12.3. The third-order valence-corrected chi connectivity index (χ3v) is 4.29. The fraction of sp³-hybridized carbons (Fsp3) is 0.571. The molecule has 1 aromatic heterocycles. The van der Waals surface area contributed by atoms with Crippen molar-refractivity contribution in [3.63, 3.8) is 0 Å². The number of nitrogens with zero attached hydrogens (tertiary/aromatic N) is 1. The zero-order valence-corrected chi connectivity index (χ0v) is 12.5. The molecule has 1 amide bonds. The number of rotatable bonds is 2. The Labute approximate surface area is 117 Å². The van der Waals surface area contributed by atoms with Crippen LogP contribution in [0.3, 0.4) is 0 Å². The van der Waals surface area contributed by atoms with Crippen LogP contribution in [0.25, 0.3) is 0 Å². The lowest BCUT2D eigenvalue weighted by Crippen LogP contribution is -2.37. The quantitative estimate of drug-likeness (QED) is 0.839. The molecule has 2 rings (SSSR count). The van der Waals surface area contributed by atoms with Gasteiger partial charge in [0.2, 0.25) is 5.91 Å². The number of anilines is 1. The van der Waals surface area contributed by atoms with Gasteiger partial charge in [0, 0.05) is 5.92 Å².